The number of piperidine rings is 1. The average Bonchev–Trinajstić information content (AvgIpc) is 3.23. The second-order valence-electron chi connectivity index (χ2n) is 5.59. The van der Waals surface area contributed by atoms with E-state index in [0.717, 1.165) is 31.6 Å². The molecule has 1 fully saturated rings. The normalized spacial score (nSPS) is 15.8. The molecule has 1 amide bonds. The molecule has 7 heteroatoms. The van der Waals surface area contributed by atoms with Crippen molar-refractivity contribution in [3.63, 3.8) is 0 Å². The lowest BCUT2D eigenvalue weighted by Crippen LogP contribution is -2.38. The summed E-state index contributed by atoms with van der Waals surface area (Å²) in [6.07, 6.45) is 3.60. The van der Waals surface area contributed by atoms with E-state index >= 15 is 0 Å². The molecule has 0 atom stereocenters. The molecule has 0 aliphatic carbocycles. The molecule has 3 heterocycles. The van der Waals surface area contributed by atoms with Gasteiger partial charge < -0.3 is 14.7 Å². The van der Waals surface area contributed by atoms with E-state index in [1.54, 1.807) is 13.3 Å². The van der Waals surface area contributed by atoms with Crippen molar-refractivity contribution in [1.29, 1.82) is 0 Å². The molecular formula is C16H21N3O3S. The van der Waals surface area contributed by atoms with Crippen molar-refractivity contribution in [2.75, 3.05) is 26.8 Å². The van der Waals surface area contributed by atoms with Crippen molar-refractivity contribution < 1.29 is 14.6 Å². The van der Waals surface area contributed by atoms with Crippen LogP contribution in [0.3, 0.4) is 0 Å². The number of aliphatic hydroxyl groups excluding tert-OH is 1. The predicted octanol–water partition coefficient (Wildman–Crippen LogP) is 1.97. The van der Waals surface area contributed by atoms with Crippen LogP contribution in [-0.2, 0) is 6.54 Å². The number of carbonyl (C=O) groups excluding carboxylic acids is 1. The lowest BCUT2D eigenvalue weighted by molar-refractivity contribution is 0.0713. The van der Waals surface area contributed by atoms with E-state index in [1.807, 2.05) is 27.1 Å². The number of methoxy groups -OCH3 is 1. The molecule has 2 aromatic heterocycles. The fourth-order valence-corrected chi connectivity index (χ4v) is 3.93. The third-order valence-electron chi connectivity index (χ3n) is 4.30. The first-order valence-electron chi connectivity index (χ1n) is 7.78. The van der Waals surface area contributed by atoms with Crippen molar-refractivity contribution in [1.82, 2.24) is 14.7 Å². The molecule has 0 aromatic carbocycles. The van der Waals surface area contributed by atoms with Crippen molar-refractivity contribution >= 4 is 17.2 Å². The van der Waals surface area contributed by atoms with Crippen molar-refractivity contribution in [2.45, 2.75) is 25.3 Å². The highest BCUT2D eigenvalue weighted by molar-refractivity contribution is 7.12. The molecule has 0 saturated carbocycles. The van der Waals surface area contributed by atoms with Crippen LogP contribution in [0.1, 0.15) is 34.1 Å². The van der Waals surface area contributed by atoms with Crippen LogP contribution >= 0.6 is 11.3 Å². The number of hydrogen-bond acceptors (Lipinski definition) is 5. The summed E-state index contributed by atoms with van der Waals surface area (Å²) in [7, 11) is 1.59. The molecule has 2 aromatic rings. The fourth-order valence-electron chi connectivity index (χ4n) is 3.11. The molecule has 1 aliphatic heterocycles. The smallest absolute Gasteiger partial charge is 0.267 e. The Balaban J connectivity index is 1.64. The summed E-state index contributed by atoms with van der Waals surface area (Å²) in [5, 5.41) is 15.2. The van der Waals surface area contributed by atoms with Gasteiger partial charge in [0.25, 0.3) is 5.91 Å². The molecule has 0 spiro atoms. The second-order valence-corrected chi connectivity index (χ2v) is 6.50. The minimum absolute atomic E-state index is 0.0548. The Labute approximate surface area is 139 Å². The zero-order valence-electron chi connectivity index (χ0n) is 13.1. The number of aromatic nitrogens is 2. The van der Waals surface area contributed by atoms with Gasteiger partial charge in [0.05, 0.1) is 20.3 Å². The maximum atomic E-state index is 12.6. The Morgan fingerprint density at radius 1 is 1.43 bits per heavy atom. The van der Waals surface area contributed by atoms with Gasteiger partial charge in [-0.2, -0.15) is 5.10 Å². The molecule has 6 nitrogen and oxygen atoms in total. The minimum Gasteiger partial charge on any atom is -0.495 e. The molecule has 1 saturated heterocycles. The number of likely N-dealkylation sites (tertiary alicyclic amines) is 1. The fraction of sp³-hybridized carbons (Fsp3) is 0.500. The first-order chi connectivity index (χ1) is 11.2. The Kier molecular flexibility index (Phi) is 4.97. The van der Waals surface area contributed by atoms with Gasteiger partial charge in [-0.3, -0.25) is 9.48 Å². The largest absolute Gasteiger partial charge is 0.495 e. The van der Waals surface area contributed by atoms with E-state index in [0.29, 0.717) is 23.1 Å². The predicted molar refractivity (Wildman–Crippen MR) is 88.1 cm³/mol. The van der Waals surface area contributed by atoms with Gasteiger partial charge in [-0.25, -0.2) is 0 Å². The summed E-state index contributed by atoms with van der Waals surface area (Å²) < 4.78 is 7.11. The average molecular weight is 335 g/mol. The van der Waals surface area contributed by atoms with Gasteiger partial charge in [-0.15, -0.1) is 11.3 Å². The zero-order chi connectivity index (χ0) is 16.2. The summed E-state index contributed by atoms with van der Waals surface area (Å²) in [4.78, 5) is 15.2. The quantitative estimate of drug-likeness (QED) is 0.907. The molecule has 124 valence electrons. The van der Waals surface area contributed by atoms with E-state index in [2.05, 4.69) is 5.10 Å². The van der Waals surface area contributed by atoms with Gasteiger partial charge in [-0.05, 0) is 30.4 Å². The standard InChI is InChI=1S/C16H21N3O3S/c1-22-14-5-11-23-15(14)16(21)18-7-3-12(4-8-18)13-2-6-17-19(13)9-10-20/h2,5-6,11-12,20H,3-4,7-10H2,1H3. The number of amides is 1. The highest BCUT2D eigenvalue weighted by Gasteiger charge is 2.28. The first-order valence-corrected chi connectivity index (χ1v) is 8.66. The topological polar surface area (TPSA) is 67.6 Å². The maximum Gasteiger partial charge on any atom is 0.267 e. The highest BCUT2D eigenvalue weighted by atomic mass is 32.1. The van der Waals surface area contributed by atoms with Crippen LogP contribution in [0.4, 0.5) is 0 Å². The van der Waals surface area contributed by atoms with Crippen LogP contribution in [-0.4, -0.2) is 52.5 Å². The SMILES string of the molecule is COc1ccsc1C(=O)N1CCC(c2ccnn2CCO)CC1. The molecule has 3 rings (SSSR count). The van der Waals surface area contributed by atoms with E-state index in [-0.39, 0.29) is 12.5 Å². The number of hydrogen-bond donors (Lipinski definition) is 1. The zero-order valence-corrected chi connectivity index (χ0v) is 14.0. The van der Waals surface area contributed by atoms with Gasteiger partial charge in [0.2, 0.25) is 0 Å². The molecule has 0 bridgehead atoms. The Morgan fingerprint density at radius 3 is 2.91 bits per heavy atom. The summed E-state index contributed by atoms with van der Waals surface area (Å²) in [5.41, 5.74) is 1.15. The highest BCUT2D eigenvalue weighted by Crippen LogP contribution is 2.31. The van der Waals surface area contributed by atoms with Gasteiger partial charge >= 0.3 is 0 Å². The Morgan fingerprint density at radius 2 is 2.22 bits per heavy atom. The number of aliphatic hydroxyl groups is 1. The van der Waals surface area contributed by atoms with E-state index < -0.39 is 0 Å². The van der Waals surface area contributed by atoms with Crippen LogP contribution in [0.5, 0.6) is 5.75 Å². The number of nitrogens with zero attached hydrogens (tertiary/aromatic N) is 3. The molecule has 0 unspecified atom stereocenters. The summed E-state index contributed by atoms with van der Waals surface area (Å²) >= 11 is 1.43. The summed E-state index contributed by atoms with van der Waals surface area (Å²) in [6, 6.07) is 3.85. The Bertz CT molecular complexity index is 659. The number of carbonyl (C=O) groups is 1. The number of thiophene rings is 1. The van der Waals surface area contributed by atoms with E-state index in [4.69, 9.17) is 9.84 Å². The summed E-state index contributed by atoms with van der Waals surface area (Å²) in [5.74, 6) is 1.10. The monoisotopic (exact) mass is 335 g/mol. The minimum atomic E-state index is 0.0548. The van der Waals surface area contributed by atoms with Crippen LogP contribution < -0.4 is 4.74 Å². The molecule has 23 heavy (non-hydrogen) atoms. The third-order valence-corrected chi connectivity index (χ3v) is 5.19. The van der Waals surface area contributed by atoms with E-state index in [9.17, 15) is 4.79 Å². The van der Waals surface area contributed by atoms with Crippen LogP contribution in [0.25, 0.3) is 0 Å². The molecule has 1 N–H and O–H groups in total. The number of rotatable bonds is 5. The van der Waals surface area contributed by atoms with Crippen molar-refractivity contribution in [3.05, 3.63) is 34.3 Å². The lowest BCUT2D eigenvalue weighted by atomic mass is 9.93. The van der Waals surface area contributed by atoms with Gasteiger partial charge in [0, 0.05) is 30.9 Å². The van der Waals surface area contributed by atoms with Crippen molar-refractivity contribution in [2.24, 2.45) is 0 Å². The number of ether oxygens (including phenoxy) is 1. The maximum absolute atomic E-state index is 12.6. The summed E-state index contributed by atoms with van der Waals surface area (Å²) in [6.45, 7) is 2.07. The van der Waals surface area contributed by atoms with Crippen LogP contribution in [0.15, 0.2) is 23.7 Å². The van der Waals surface area contributed by atoms with Gasteiger partial charge in [0.1, 0.15) is 10.6 Å². The van der Waals surface area contributed by atoms with Crippen LogP contribution in [0, 0.1) is 0 Å². The van der Waals surface area contributed by atoms with Crippen molar-refractivity contribution in [3.8, 4) is 5.75 Å². The second kappa shape index (κ2) is 7.14. The Hall–Kier alpha value is -1.86. The van der Waals surface area contributed by atoms with Crippen LogP contribution in [0.2, 0.25) is 0 Å². The van der Waals surface area contributed by atoms with Gasteiger partial charge in [-0.1, -0.05) is 0 Å². The third kappa shape index (κ3) is 3.25. The molecule has 0 radical (unpaired) electrons. The lowest BCUT2D eigenvalue weighted by Gasteiger charge is -2.32. The molecular weight excluding hydrogens is 314 g/mol. The van der Waals surface area contributed by atoms with E-state index in [1.165, 1.54) is 11.3 Å². The first kappa shape index (κ1) is 16.0. The van der Waals surface area contributed by atoms with Gasteiger partial charge in [0.15, 0.2) is 0 Å². The molecule has 1 aliphatic rings.